The topological polar surface area (TPSA) is 72.4 Å². The van der Waals surface area contributed by atoms with Crippen molar-refractivity contribution in [3.05, 3.63) is 28.7 Å². The minimum atomic E-state index is -0.247. The number of rotatable bonds is 9. The Labute approximate surface area is 125 Å². The molecule has 1 heterocycles. The van der Waals surface area contributed by atoms with E-state index in [-0.39, 0.29) is 11.6 Å². The minimum Gasteiger partial charge on any atom is -0.383 e. The predicted octanol–water partition coefficient (Wildman–Crippen LogP) is 2.20. The molecule has 1 aromatic heterocycles. The van der Waals surface area contributed by atoms with E-state index in [1.54, 1.807) is 19.4 Å². The van der Waals surface area contributed by atoms with Gasteiger partial charge < -0.3 is 19.9 Å². The number of carbonyl (C=O) groups is 1. The molecule has 0 spiro atoms. The molecule has 0 saturated heterocycles. The average Bonchev–Trinajstić information content (AvgIpc) is 2.47. The normalized spacial score (nSPS) is 10.4. The first kappa shape index (κ1) is 17.2. The van der Waals surface area contributed by atoms with Crippen molar-refractivity contribution in [3.8, 4) is 0 Å². The summed E-state index contributed by atoms with van der Waals surface area (Å²) in [6.07, 6.45) is 6.09. The molecule has 0 fully saturated rings. The molecule has 0 aliphatic rings. The molecule has 0 aromatic carbocycles. The third-order valence-corrected chi connectivity index (χ3v) is 3.09. The lowest BCUT2D eigenvalue weighted by Crippen LogP contribution is -2.30. The van der Waals surface area contributed by atoms with Crippen molar-refractivity contribution >= 4 is 11.7 Å². The van der Waals surface area contributed by atoms with Crippen molar-refractivity contribution in [3.63, 3.8) is 0 Å². The van der Waals surface area contributed by atoms with Gasteiger partial charge in [0.15, 0.2) is 0 Å². The Balaban J connectivity index is 2.43. The fourth-order valence-electron chi connectivity index (χ4n) is 1.90. The van der Waals surface area contributed by atoms with Gasteiger partial charge >= 0.3 is 6.03 Å². The highest BCUT2D eigenvalue weighted by Crippen LogP contribution is 2.03. The van der Waals surface area contributed by atoms with Crippen LogP contribution in [0.4, 0.5) is 10.5 Å². The first-order valence-corrected chi connectivity index (χ1v) is 7.41. The number of aromatic nitrogens is 1. The van der Waals surface area contributed by atoms with Crippen molar-refractivity contribution in [2.45, 2.75) is 39.2 Å². The summed E-state index contributed by atoms with van der Waals surface area (Å²) in [4.78, 5) is 23.3. The van der Waals surface area contributed by atoms with Gasteiger partial charge in [0.05, 0.1) is 12.3 Å². The van der Waals surface area contributed by atoms with Crippen LogP contribution in [0.15, 0.2) is 23.1 Å². The predicted molar refractivity (Wildman–Crippen MR) is 83.7 cm³/mol. The Morgan fingerprint density at radius 3 is 2.81 bits per heavy atom. The maximum absolute atomic E-state index is 11.7. The molecule has 1 rings (SSSR count). The molecule has 21 heavy (non-hydrogen) atoms. The van der Waals surface area contributed by atoms with Crippen LogP contribution in [0.25, 0.3) is 0 Å². The largest absolute Gasteiger partial charge is 0.383 e. The van der Waals surface area contributed by atoms with E-state index in [9.17, 15) is 9.59 Å². The van der Waals surface area contributed by atoms with E-state index in [1.807, 2.05) is 0 Å². The van der Waals surface area contributed by atoms with Crippen LogP contribution in [0.5, 0.6) is 0 Å². The van der Waals surface area contributed by atoms with E-state index in [0.717, 1.165) is 12.8 Å². The number of nitrogens with zero attached hydrogens (tertiary/aromatic N) is 1. The monoisotopic (exact) mass is 295 g/mol. The summed E-state index contributed by atoms with van der Waals surface area (Å²) in [5.41, 5.74) is 0.481. The van der Waals surface area contributed by atoms with Gasteiger partial charge in [-0.15, -0.1) is 0 Å². The molecule has 0 aliphatic heterocycles. The first-order chi connectivity index (χ1) is 10.2. The molecule has 0 saturated carbocycles. The van der Waals surface area contributed by atoms with Gasteiger partial charge in [-0.1, -0.05) is 26.2 Å². The average molecular weight is 295 g/mol. The van der Waals surface area contributed by atoms with Gasteiger partial charge in [-0.2, -0.15) is 0 Å². The number of methoxy groups -OCH3 is 1. The lowest BCUT2D eigenvalue weighted by atomic mass is 10.2. The highest BCUT2D eigenvalue weighted by atomic mass is 16.5. The molecule has 118 valence electrons. The smallest absolute Gasteiger partial charge is 0.319 e. The molecule has 6 nitrogen and oxygen atoms in total. The number of urea groups is 1. The van der Waals surface area contributed by atoms with Crippen molar-refractivity contribution in [1.29, 1.82) is 0 Å². The number of hydrogen-bond donors (Lipinski definition) is 2. The molecule has 0 bridgehead atoms. The lowest BCUT2D eigenvalue weighted by Gasteiger charge is -2.10. The third kappa shape index (κ3) is 6.94. The van der Waals surface area contributed by atoms with Crippen LogP contribution in [0.1, 0.15) is 32.6 Å². The molecular formula is C15H25N3O3. The summed E-state index contributed by atoms with van der Waals surface area (Å²) < 4.78 is 6.46. The third-order valence-electron chi connectivity index (χ3n) is 3.09. The highest BCUT2D eigenvalue weighted by Gasteiger charge is 2.03. The zero-order valence-electron chi connectivity index (χ0n) is 12.9. The van der Waals surface area contributed by atoms with Gasteiger partial charge in [0.1, 0.15) is 0 Å². The fraction of sp³-hybridized carbons (Fsp3) is 0.600. The van der Waals surface area contributed by atoms with Gasteiger partial charge in [-0.05, 0) is 12.5 Å². The lowest BCUT2D eigenvalue weighted by molar-refractivity contribution is 0.186. The number of ether oxygens (including phenoxy) is 1. The number of amides is 2. The summed E-state index contributed by atoms with van der Waals surface area (Å²) in [6.45, 7) is 3.73. The quantitative estimate of drug-likeness (QED) is 0.686. The van der Waals surface area contributed by atoms with E-state index < -0.39 is 0 Å². The summed E-state index contributed by atoms with van der Waals surface area (Å²) in [5, 5.41) is 5.53. The number of nitrogens with one attached hydrogen (secondary N) is 2. The number of anilines is 1. The van der Waals surface area contributed by atoms with Crippen molar-refractivity contribution in [2.75, 3.05) is 25.6 Å². The summed E-state index contributed by atoms with van der Waals surface area (Å²) in [6, 6.07) is 2.79. The number of unbranched alkanes of at least 4 members (excludes halogenated alkanes) is 3. The Morgan fingerprint density at radius 2 is 2.10 bits per heavy atom. The van der Waals surface area contributed by atoms with E-state index >= 15 is 0 Å². The van der Waals surface area contributed by atoms with Gasteiger partial charge in [0, 0.05) is 32.5 Å². The van der Waals surface area contributed by atoms with Crippen LogP contribution < -0.4 is 16.2 Å². The first-order valence-electron chi connectivity index (χ1n) is 7.41. The zero-order valence-corrected chi connectivity index (χ0v) is 12.9. The second-order valence-electron chi connectivity index (χ2n) is 4.88. The van der Waals surface area contributed by atoms with Gasteiger partial charge in [-0.3, -0.25) is 4.79 Å². The van der Waals surface area contributed by atoms with Crippen LogP contribution in [-0.2, 0) is 11.3 Å². The molecule has 0 unspecified atom stereocenters. The standard InChI is InChI=1S/C15H25N3O3/c1-3-4-5-6-9-16-15(20)17-13-7-8-14(19)18(12-13)10-11-21-2/h7-8,12H,3-6,9-11H2,1-2H3,(H2,16,17,20). The van der Waals surface area contributed by atoms with E-state index in [2.05, 4.69) is 17.6 Å². The van der Waals surface area contributed by atoms with E-state index in [4.69, 9.17) is 4.74 Å². The maximum Gasteiger partial charge on any atom is 0.319 e. The summed E-state index contributed by atoms with van der Waals surface area (Å²) >= 11 is 0. The molecule has 2 amide bonds. The van der Waals surface area contributed by atoms with Crippen LogP contribution in [0.3, 0.4) is 0 Å². The SMILES string of the molecule is CCCCCCNC(=O)Nc1ccc(=O)n(CCOC)c1. The second kappa shape index (κ2) is 9.99. The second-order valence-corrected chi connectivity index (χ2v) is 4.88. The van der Waals surface area contributed by atoms with Crippen LogP contribution in [0.2, 0.25) is 0 Å². The Bertz CT molecular complexity index is 485. The minimum absolute atomic E-state index is 0.113. The Hall–Kier alpha value is -1.82. The van der Waals surface area contributed by atoms with E-state index in [1.165, 1.54) is 23.5 Å². The summed E-state index contributed by atoms with van der Waals surface area (Å²) in [5.74, 6) is 0. The Morgan fingerprint density at radius 1 is 1.29 bits per heavy atom. The van der Waals surface area contributed by atoms with Gasteiger partial charge in [0.25, 0.3) is 5.56 Å². The molecule has 2 N–H and O–H groups in total. The van der Waals surface area contributed by atoms with Crippen LogP contribution in [0, 0.1) is 0 Å². The maximum atomic E-state index is 11.7. The Kier molecular flexibility index (Phi) is 8.19. The number of hydrogen-bond acceptors (Lipinski definition) is 3. The molecule has 0 atom stereocenters. The summed E-state index contributed by atoms with van der Waals surface area (Å²) in [7, 11) is 1.58. The van der Waals surface area contributed by atoms with Crippen molar-refractivity contribution < 1.29 is 9.53 Å². The molecule has 1 aromatic rings. The van der Waals surface area contributed by atoms with Gasteiger partial charge in [0.2, 0.25) is 0 Å². The van der Waals surface area contributed by atoms with Gasteiger partial charge in [-0.25, -0.2) is 4.79 Å². The van der Waals surface area contributed by atoms with Crippen LogP contribution >= 0.6 is 0 Å². The molecule has 0 aliphatic carbocycles. The van der Waals surface area contributed by atoms with E-state index in [0.29, 0.717) is 25.4 Å². The van der Waals surface area contributed by atoms with Crippen molar-refractivity contribution in [1.82, 2.24) is 9.88 Å². The number of carbonyl (C=O) groups excluding carboxylic acids is 1. The molecule has 6 heteroatoms. The fourth-order valence-corrected chi connectivity index (χ4v) is 1.90. The highest BCUT2D eigenvalue weighted by molar-refractivity contribution is 5.88. The van der Waals surface area contributed by atoms with Crippen LogP contribution in [-0.4, -0.2) is 30.9 Å². The molecule has 0 radical (unpaired) electrons. The molecular weight excluding hydrogens is 270 g/mol. The zero-order chi connectivity index (χ0) is 15.5. The number of pyridine rings is 1. The van der Waals surface area contributed by atoms with Crippen molar-refractivity contribution in [2.24, 2.45) is 0 Å².